The Balaban J connectivity index is 1.50. The van der Waals surface area contributed by atoms with Crippen molar-refractivity contribution in [3.63, 3.8) is 0 Å². The summed E-state index contributed by atoms with van der Waals surface area (Å²) in [4.78, 5) is 4.32. The maximum atomic E-state index is 4.36. The number of nitrogens with zero attached hydrogens (tertiary/aromatic N) is 4. The number of benzene rings is 1. The van der Waals surface area contributed by atoms with Gasteiger partial charge in [-0.15, -0.1) is 10.2 Å². The molecule has 140 valence electrons. The summed E-state index contributed by atoms with van der Waals surface area (Å²) in [6, 6.07) is 6.70. The molecular weight excluding hydrogens is 324 g/mol. The number of hydrogen-bond acceptors (Lipinski definition) is 3. The van der Waals surface area contributed by atoms with Gasteiger partial charge in [-0.25, -0.2) is 0 Å². The van der Waals surface area contributed by atoms with Gasteiger partial charge >= 0.3 is 0 Å². The zero-order valence-corrected chi connectivity index (χ0v) is 16.2. The Kier molecular flexibility index (Phi) is 6.26. The van der Waals surface area contributed by atoms with Crippen LogP contribution in [0.4, 0.5) is 0 Å². The molecule has 2 aromatic rings. The normalized spacial score (nSPS) is 14.7. The first-order valence-electron chi connectivity index (χ1n) is 9.58. The average molecular weight is 355 g/mol. The Morgan fingerprint density at radius 1 is 1.08 bits per heavy atom. The Morgan fingerprint density at radius 3 is 2.65 bits per heavy atom. The maximum absolute atomic E-state index is 4.36. The lowest BCUT2D eigenvalue weighted by Crippen LogP contribution is -2.38. The smallest absolute Gasteiger partial charge is 0.191 e. The summed E-state index contributed by atoms with van der Waals surface area (Å²) in [6.07, 6.45) is 5.71. The molecule has 1 aromatic carbocycles. The molecule has 3 rings (SSSR count). The minimum absolute atomic E-state index is 0.649. The van der Waals surface area contributed by atoms with Gasteiger partial charge in [-0.1, -0.05) is 35.7 Å². The number of hydrogen-bond donors (Lipinski definition) is 2. The van der Waals surface area contributed by atoms with Crippen LogP contribution in [0.15, 0.2) is 23.2 Å². The average Bonchev–Trinajstić information content (AvgIpc) is 2.84. The molecule has 0 atom stereocenters. The van der Waals surface area contributed by atoms with Gasteiger partial charge in [0.2, 0.25) is 0 Å². The lowest BCUT2D eigenvalue weighted by atomic mass is 10.1. The van der Waals surface area contributed by atoms with Gasteiger partial charge < -0.3 is 15.2 Å². The fraction of sp³-hybridized carbons (Fsp3) is 0.550. The van der Waals surface area contributed by atoms with Crippen molar-refractivity contribution in [2.45, 2.75) is 59.0 Å². The van der Waals surface area contributed by atoms with Gasteiger partial charge in [-0.3, -0.25) is 4.99 Å². The number of aliphatic imine (C=N–C) groups is 1. The third-order valence-corrected chi connectivity index (χ3v) is 4.81. The molecule has 0 radical (unpaired) electrons. The van der Waals surface area contributed by atoms with E-state index in [1.165, 1.54) is 36.0 Å². The molecule has 0 bridgehead atoms. The molecule has 1 aliphatic rings. The molecule has 1 aromatic heterocycles. The van der Waals surface area contributed by atoms with Crippen LogP contribution >= 0.6 is 0 Å². The zero-order chi connectivity index (χ0) is 18.4. The molecule has 0 unspecified atom stereocenters. The van der Waals surface area contributed by atoms with E-state index < -0.39 is 0 Å². The van der Waals surface area contributed by atoms with E-state index in [0.717, 1.165) is 43.5 Å². The van der Waals surface area contributed by atoms with Gasteiger partial charge in [-0.05, 0) is 38.7 Å². The molecule has 0 aliphatic carbocycles. The van der Waals surface area contributed by atoms with Crippen LogP contribution in [0.5, 0.6) is 0 Å². The maximum Gasteiger partial charge on any atom is 0.191 e. The molecule has 0 saturated heterocycles. The molecule has 0 saturated carbocycles. The fourth-order valence-electron chi connectivity index (χ4n) is 3.60. The molecule has 0 spiro atoms. The summed E-state index contributed by atoms with van der Waals surface area (Å²) in [5.74, 6) is 2.93. The predicted octanol–water partition coefficient (Wildman–Crippen LogP) is 2.53. The van der Waals surface area contributed by atoms with Crippen LogP contribution in [0.25, 0.3) is 0 Å². The molecule has 26 heavy (non-hydrogen) atoms. The second-order valence-corrected chi connectivity index (χ2v) is 7.09. The minimum atomic E-state index is 0.649. The minimum Gasteiger partial charge on any atom is -0.356 e. The van der Waals surface area contributed by atoms with Crippen LogP contribution in [0.3, 0.4) is 0 Å². The van der Waals surface area contributed by atoms with E-state index in [1.54, 1.807) is 7.05 Å². The van der Waals surface area contributed by atoms with Gasteiger partial charge in [0.1, 0.15) is 5.82 Å². The highest BCUT2D eigenvalue weighted by atomic mass is 15.3. The van der Waals surface area contributed by atoms with Crippen molar-refractivity contribution in [1.82, 2.24) is 25.4 Å². The topological polar surface area (TPSA) is 67.1 Å². The molecule has 2 heterocycles. The summed E-state index contributed by atoms with van der Waals surface area (Å²) in [7, 11) is 1.80. The molecule has 6 nitrogen and oxygen atoms in total. The second-order valence-electron chi connectivity index (χ2n) is 7.09. The Morgan fingerprint density at radius 2 is 1.88 bits per heavy atom. The monoisotopic (exact) mass is 354 g/mol. The second kappa shape index (κ2) is 8.83. The van der Waals surface area contributed by atoms with Crippen LogP contribution in [-0.2, 0) is 25.9 Å². The van der Waals surface area contributed by atoms with Crippen molar-refractivity contribution in [1.29, 1.82) is 0 Å². The van der Waals surface area contributed by atoms with Gasteiger partial charge in [0.15, 0.2) is 11.8 Å². The van der Waals surface area contributed by atoms with E-state index in [-0.39, 0.29) is 0 Å². The SMILES string of the molecule is CN=C(NCCc1cc(C)cc(C)c1)NCc1nnc2n1CCCCC2. The first kappa shape index (κ1) is 18.4. The van der Waals surface area contributed by atoms with Crippen molar-refractivity contribution in [2.24, 2.45) is 4.99 Å². The predicted molar refractivity (Wildman–Crippen MR) is 105 cm³/mol. The highest BCUT2D eigenvalue weighted by Crippen LogP contribution is 2.14. The summed E-state index contributed by atoms with van der Waals surface area (Å²) in [5, 5.41) is 15.5. The number of aromatic nitrogens is 3. The number of guanidine groups is 1. The van der Waals surface area contributed by atoms with Crippen LogP contribution in [0, 0.1) is 13.8 Å². The largest absolute Gasteiger partial charge is 0.356 e. The third kappa shape index (κ3) is 4.84. The van der Waals surface area contributed by atoms with Crippen molar-refractivity contribution >= 4 is 5.96 Å². The molecule has 6 heteroatoms. The van der Waals surface area contributed by atoms with Gasteiger partial charge in [0.05, 0.1) is 6.54 Å². The van der Waals surface area contributed by atoms with Crippen molar-refractivity contribution in [2.75, 3.05) is 13.6 Å². The van der Waals surface area contributed by atoms with Gasteiger partial charge in [-0.2, -0.15) is 0 Å². The van der Waals surface area contributed by atoms with E-state index in [0.29, 0.717) is 6.54 Å². The molecular formula is C20H30N6. The highest BCUT2D eigenvalue weighted by molar-refractivity contribution is 5.79. The molecule has 0 amide bonds. The number of rotatable bonds is 5. The third-order valence-electron chi connectivity index (χ3n) is 4.81. The van der Waals surface area contributed by atoms with Crippen LogP contribution in [0.1, 0.15) is 47.6 Å². The van der Waals surface area contributed by atoms with E-state index in [2.05, 4.69) is 62.4 Å². The lowest BCUT2D eigenvalue weighted by molar-refractivity contribution is 0.596. The van der Waals surface area contributed by atoms with Gasteiger partial charge in [0, 0.05) is 26.6 Å². The van der Waals surface area contributed by atoms with E-state index >= 15 is 0 Å². The number of aryl methyl sites for hydroxylation is 3. The lowest BCUT2D eigenvalue weighted by Gasteiger charge is -2.13. The Labute approximate surface area is 156 Å². The first-order chi connectivity index (χ1) is 12.7. The fourth-order valence-corrected chi connectivity index (χ4v) is 3.60. The summed E-state index contributed by atoms with van der Waals surface area (Å²) < 4.78 is 2.27. The van der Waals surface area contributed by atoms with Crippen molar-refractivity contribution < 1.29 is 0 Å². The van der Waals surface area contributed by atoms with Crippen molar-refractivity contribution in [3.8, 4) is 0 Å². The van der Waals surface area contributed by atoms with Crippen LogP contribution in [-0.4, -0.2) is 34.3 Å². The Hall–Kier alpha value is -2.37. The van der Waals surface area contributed by atoms with Crippen molar-refractivity contribution in [3.05, 3.63) is 46.5 Å². The first-order valence-corrected chi connectivity index (χ1v) is 9.58. The highest BCUT2D eigenvalue weighted by Gasteiger charge is 2.14. The number of fused-ring (bicyclic) bond motifs is 1. The number of nitrogens with one attached hydrogen (secondary N) is 2. The standard InChI is InChI=1S/C20H30N6/c1-15-11-16(2)13-17(12-15)8-9-22-20(21-3)23-14-19-25-24-18-7-5-4-6-10-26(18)19/h11-13H,4-10,14H2,1-3H3,(H2,21,22,23). The van der Waals surface area contributed by atoms with E-state index in [9.17, 15) is 0 Å². The summed E-state index contributed by atoms with van der Waals surface area (Å²) >= 11 is 0. The van der Waals surface area contributed by atoms with E-state index in [4.69, 9.17) is 0 Å². The quantitative estimate of drug-likeness (QED) is 0.640. The molecule has 2 N–H and O–H groups in total. The molecule has 0 fully saturated rings. The van der Waals surface area contributed by atoms with Crippen LogP contribution in [0.2, 0.25) is 0 Å². The summed E-state index contributed by atoms with van der Waals surface area (Å²) in [6.45, 7) is 6.81. The summed E-state index contributed by atoms with van der Waals surface area (Å²) in [5.41, 5.74) is 3.98. The van der Waals surface area contributed by atoms with E-state index in [1.807, 2.05) is 0 Å². The van der Waals surface area contributed by atoms with Crippen LogP contribution < -0.4 is 10.6 Å². The zero-order valence-electron chi connectivity index (χ0n) is 16.2. The Bertz CT molecular complexity index is 741. The van der Waals surface area contributed by atoms with Gasteiger partial charge in [0.25, 0.3) is 0 Å². The molecule has 1 aliphatic heterocycles.